The van der Waals surface area contributed by atoms with Gasteiger partial charge in [0.2, 0.25) is 5.60 Å². The van der Waals surface area contributed by atoms with E-state index in [-0.39, 0.29) is 5.56 Å². The van der Waals surface area contributed by atoms with Gasteiger partial charge in [-0.05, 0) is 18.2 Å². The maximum Gasteiger partial charge on any atom is 0.338 e. The van der Waals surface area contributed by atoms with Crippen molar-refractivity contribution >= 4 is 5.97 Å². The lowest BCUT2D eigenvalue weighted by molar-refractivity contribution is 0.00646. The highest BCUT2D eigenvalue weighted by atomic mass is 19.1. The summed E-state index contributed by atoms with van der Waals surface area (Å²) in [6.45, 7) is -1.56. The van der Waals surface area contributed by atoms with E-state index in [0.717, 1.165) is 0 Å². The molecule has 0 spiro atoms. The monoisotopic (exact) mass is 294 g/mol. The van der Waals surface area contributed by atoms with Crippen molar-refractivity contribution in [2.45, 2.75) is 11.7 Å². The molecule has 5 nitrogen and oxygen atoms in total. The number of benzene rings is 1. The van der Waals surface area contributed by atoms with Crippen LogP contribution in [0.2, 0.25) is 0 Å². The van der Waals surface area contributed by atoms with Gasteiger partial charge in [0, 0.05) is 0 Å². The Morgan fingerprint density at radius 1 is 1.48 bits per heavy atom. The van der Waals surface area contributed by atoms with Crippen molar-refractivity contribution in [3.8, 4) is 12.3 Å². The first kappa shape index (κ1) is 16.9. The van der Waals surface area contributed by atoms with Gasteiger partial charge in [-0.3, -0.25) is 0 Å². The van der Waals surface area contributed by atoms with Crippen molar-refractivity contribution < 1.29 is 29.2 Å². The lowest BCUT2D eigenvalue weighted by atomic mass is 10.0. The number of rotatable bonds is 6. The van der Waals surface area contributed by atoms with E-state index in [1.807, 2.05) is 0 Å². The van der Waals surface area contributed by atoms with Crippen LogP contribution < -0.4 is 0 Å². The maximum atomic E-state index is 13.7. The molecule has 0 saturated heterocycles. The standard InChI is InChI=1S/C15H15FO5/c1-2-15(20,13(16)8-12(18)9-17)10-21-14(19)11-6-4-3-5-7-11/h1,3-8,12,17-18,20H,9-10H2/b13-8+/t12-,15-/m1/s1. The molecule has 21 heavy (non-hydrogen) atoms. The fraction of sp³-hybridized carbons (Fsp3) is 0.267. The molecule has 0 aliphatic rings. The second-order valence-corrected chi connectivity index (χ2v) is 4.21. The first-order valence-corrected chi connectivity index (χ1v) is 6.02. The van der Waals surface area contributed by atoms with Gasteiger partial charge in [-0.1, -0.05) is 24.1 Å². The molecule has 0 aliphatic heterocycles. The van der Waals surface area contributed by atoms with Gasteiger partial charge in [0.05, 0.1) is 18.3 Å². The maximum absolute atomic E-state index is 13.7. The molecule has 3 N–H and O–H groups in total. The van der Waals surface area contributed by atoms with Crippen LogP contribution in [0.1, 0.15) is 10.4 Å². The third-order valence-corrected chi connectivity index (χ3v) is 2.58. The molecule has 0 aromatic heterocycles. The van der Waals surface area contributed by atoms with Gasteiger partial charge in [0.1, 0.15) is 12.4 Å². The van der Waals surface area contributed by atoms with Crippen molar-refractivity contribution in [1.82, 2.24) is 0 Å². The van der Waals surface area contributed by atoms with Crippen LogP contribution in [-0.2, 0) is 4.74 Å². The first-order chi connectivity index (χ1) is 9.92. The molecule has 1 aromatic carbocycles. The van der Waals surface area contributed by atoms with Crippen LogP contribution in [-0.4, -0.2) is 46.2 Å². The predicted molar refractivity (Wildman–Crippen MR) is 72.8 cm³/mol. The van der Waals surface area contributed by atoms with E-state index >= 15 is 0 Å². The Hall–Kier alpha value is -2.20. The second kappa shape index (κ2) is 7.55. The van der Waals surface area contributed by atoms with Crippen molar-refractivity contribution in [1.29, 1.82) is 0 Å². The van der Waals surface area contributed by atoms with Gasteiger partial charge >= 0.3 is 5.97 Å². The molecule has 0 saturated carbocycles. The van der Waals surface area contributed by atoms with E-state index in [1.165, 1.54) is 12.1 Å². The number of hydrogen-bond acceptors (Lipinski definition) is 5. The van der Waals surface area contributed by atoms with Crippen molar-refractivity contribution in [2.75, 3.05) is 13.2 Å². The Balaban J connectivity index is 2.76. The van der Waals surface area contributed by atoms with E-state index in [0.29, 0.717) is 6.08 Å². The number of aliphatic hydroxyl groups is 3. The van der Waals surface area contributed by atoms with Crippen molar-refractivity contribution in [3.63, 3.8) is 0 Å². The summed E-state index contributed by atoms with van der Waals surface area (Å²) in [5, 5.41) is 27.6. The molecule has 0 radical (unpaired) electrons. The molecule has 0 amide bonds. The van der Waals surface area contributed by atoms with Crippen molar-refractivity contribution in [2.24, 2.45) is 0 Å². The van der Waals surface area contributed by atoms with Crippen molar-refractivity contribution in [3.05, 3.63) is 47.8 Å². The molecule has 1 aromatic rings. The normalized spacial score (nSPS) is 15.7. The van der Waals surface area contributed by atoms with Gasteiger partial charge in [0.15, 0.2) is 0 Å². The Morgan fingerprint density at radius 2 is 2.10 bits per heavy atom. The van der Waals surface area contributed by atoms with Gasteiger partial charge in [-0.15, -0.1) is 6.42 Å². The van der Waals surface area contributed by atoms with Crippen LogP contribution in [0.4, 0.5) is 4.39 Å². The molecule has 0 heterocycles. The van der Waals surface area contributed by atoms with E-state index in [2.05, 4.69) is 0 Å². The Bertz CT molecular complexity index is 549. The summed E-state index contributed by atoms with van der Waals surface area (Å²) in [4.78, 5) is 11.7. The van der Waals surface area contributed by atoms with Gasteiger partial charge in [-0.2, -0.15) is 0 Å². The van der Waals surface area contributed by atoms with Gasteiger partial charge < -0.3 is 20.1 Å². The molecule has 0 bridgehead atoms. The Morgan fingerprint density at radius 3 is 2.62 bits per heavy atom. The second-order valence-electron chi connectivity index (χ2n) is 4.21. The molecule has 0 aliphatic carbocycles. The number of aliphatic hydroxyl groups excluding tert-OH is 2. The third-order valence-electron chi connectivity index (χ3n) is 2.58. The summed E-state index contributed by atoms with van der Waals surface area (Å²) in [5.74, 6) is -0.306. The summed E-state index contributed by atoms with van der Waals surface area (Å²) >= 11 is 0. The van der Waals surface area contributed by atoms with E-state index in [4.69, 9.17) is 21.4 Å². The lowest BCUT2D eigenvalue weighted by Crippen LogP contribution is -2.35. The van der Waals surface area contributed by atoms with Crippen LogP contribution in [0.15, 0.2) is 42.2 Å². The number of carbonyl (C=O) groups excluding carboxylic acids is 1. The number of halogens is 1. The summed E-state index contributed by atoms with van der Waals surface area (Å²) in [6, 6.07) is 7.90. The number of hydrogen-bond donors (Lipinski definition) is 3. The highest BCUT2D eigenvalue weighted by Crippen LogP contribution is 2.19. The largest absolute Gasteiger partial charge is 0.457 e. The van der Waals surface area contributed by atoms with Crippen LogP contribution in [0.5, 0.6) is 0 Å². The Labute approximate surface area is 121 Å². The fourth-order valence-corrected chi connectivity index (χ4v) is 1.37. The zero-order valence-corrected chi connectivity index (χ0v) is 11.1. The average Bonchev–Trinajstić information content (AvgIpc) is 2.52. The molecule has 2 atom stereocenters. The minimum absolute atomic E-state index is 0.219. The number of terminal acetylenes is 1. The fourth-order valence-electron chi connectivity index (χ4n) is 1.37. The average molecular weight is 294 g/mol. The van der Waals surface area contributed by atoms with E-state index in [9.17, 15) is 14.3 Å². The quantitative estimate of drug-likeness (QED) is 0.523. The Kier molecular flexibility index (Phi) is 6.06. The summed E-state index contributed by atoms with van der Waals surface area (Å²) < 4.78 is 18.5. The summed E-state index contributed by atoms with van der Waals surface area (Å²) in [5.41, 5.74) is -2.28. The predicted octanol–water partition coefficient (Wildman–Crippen LogP) is 0.414. The highest BCUT2D eigenvalue weighted by molar-refractivity contribution is 5.89. The number of esters is 1. The zero-order chi connectivity index (χ0) is 15.9. The van der Waals surface area contributed by atoms with E-state index in [1.54, 1.807) is 24.1 Å². The molecule has 1 rings (SSSR count). The van der Waals surface area contributed by atoms with Crippen LogP contribution >= 0.6 is 0 Å². The van der Waals surface area contributed by atoms with Crippen LogP contribution in [0.3, 0.4) is 0 Å². The topological polar surface area (TPSA) is 87.0 Å². The molecule has 0 fully saturated rings. The summed E-state index contributed by atoms with van der Waals surface area (Å²) in [6.07, 6.45) is 4.07. The molecule has 112 valence electrons. The summed E-state index contributed by atoms with van der Waals surface area (Å²) in [7, 11) is 0. The van der Waals surface area contributed by atoms with Crippen LogP contribution in [0.25, 0.3) is 0 Å². The third kappa shape index (κ3) is 4.68. The molecular formula is C15H15FO5. The van der Waals surface area contributed by atoms with Gasteiger partial charge in [-0.25, -0.2) is 9.18 Å². The molecule has 0 unspecified atom stereocenters. The number of carbonyl (C=O) groups is 1. The van der Waals surface area contributed by atoms with Gasteiger partial charge in [0.25, 0.3) is 0 Å². The molecular weight excluding hydrogens is 279 g/mol. The number of ether oxygens (including phenoxy) is 1. The minimum atomic E-state index is -2.50. The van der Waals surface area contributed by atoms with E-state index < -0.39 is 36.7 Å². The SMILES string of the molecule is C#C[C@@](O)(COC(=O)c1ccccc1)/C(F)=C\[C@@H](O)CO. The zero-order valence-electron chi connectivity index (χ0n) is 11.1. The lowest BCUT2D eigenvalue weighted by Gasteiger charge is -2.20. The highest BCUT2D eigenvalue weighted by Gasteiger charge is 2.33. The minimum Gasteiger partial charge on any atom is -0.457 e. The van der Waals surface area contributed by atoms with Crippen LogP contribution in [0, 0.1) is 12.3 Å². The first-order valence-electron chi connectivity index (χ1n) is 6.02. The molecule has 6 heteroatoms. The smallest absolute Gasteiger partial charge is 0.338 e.